The lowest BCUT2D eigenvalue weighted by Crippen LogP contribution is -2.26. The predicted octanol–water partition coefficient (Wildman–Crippen LogP) is 4.22. The van der Waals surface area contributed by atoms with Gasteiger partial charge in [0.1, 0.15) is 0 Å². The first-order chi connectivity index (χ1) is 12.1. The Bertz CT molecular complexity index is 870. The van der Waals surface area contributed by atoms with Gasteiger partial charge in [-0.3, -0.25) is 9.78 Å². The van der Waals surface area contributed by atoms with Crippen molar-refractivity contribution in [3.05, 3.63) is 81.8 Å². The second kappa shape index (κ2) is 7.66. The molecule has 4 nitrogen and oxygen atoms in total. The van der Waals surface area contributed by atoms with Gasteiger partial charge in [0.25, 0.3) is 5.91 Å². The number of pyridine rings is 1. The van der Waals surface area contributed by atoms with Crippen LogP contribution in [0.1, 0.15) is 27.3 Å². The van der Waals surface area contributed by atoms with Gasteiger partial charge in [0.15, 0.2) is 0 Å². The van der Waals surface area contributed by atoms with E-state index in [4.69, 9.17) is 0 Å². The second-order valence-corrected chi connectivity index (χ2v) is 6.88. The molecule has 0 spiro atoms. The quantitative estimate of drug-likeness (QED) is 0.700. The molecule has 0 atom stereocenters. The van der Waals surface area contributed by atoms with Crippen molar-refractivity contribution in [2.45, 2.75) is 20.3 Å². The molecule has 1 aromatic carbocycles. The van der Waals surface area contributed by atoms with E-state index in [1.807, 2.05) is 62.5 Å². The molecule has 1 amide bonds. The van der Waals surface area contributed by atoms with Crippen molar-refractivity contribution in [1.29, 1.82) is 0 Å². The monoisotopic (exact) mass is 397 g/mol. The van der Waals surface area contributed by atoms with E-state index < -0.39 is 0 Å². The van der Waals surface area contributed by atoms with Gasteiger partial charge in [-0.1, -0.05) is 22.0 Å². The molecule has 0 saturated heterocycles. The molecule has 3 rings (SSSR count). The lowest BCUT2D eigenvalue weighted by molar-refractivity contribution is 0.0953. The molecule has 2 aromatic heterocycles. The van der Waals surface area contributed by atoms with Crippen molar-refractivity contribution in [2.24, 2.45) is 0 Å². The van der Waals surface area contributed by atoms with Gasteiger partial charge in [0.2, 0.25) is 0 Å². The summed E-state index contributed by atoms with van der Waals surface area (Å²) in [6.45, 7) is 4.58. The average molecular weight is 398 g/mol. The molecule has 0 saturated carbocycles. The van der Waals surface area contributed by atoms with E-state index in [1.165, 1.54) is 0 Å². The van der Waals surface area contributed by atoms with Crippen molar-refractivity contribution < 1.29 is 4.79 Å². The summed E-state index contributed by atoms with van der Waals surface area (Å²) in [6.07, 6.45) is 4.34. The van der Waals surface area contributed by atoms with Crippen molar-refractivity contribution >= 4 is 21.8 Å². The van der Waals surface area contributed by atoms with Crippen LogP contribution in [0.4, 0.5) is 0 Å². The fourth-order valence-corrected chi connectivity index (χ4v) is 3.21. The Morgan fingerprint density at radius 3 is 2.64 bits per heavy atom. The number of aryl methyl sites for hydroxylation is 1. The first-order valence-electron chi connectivity index (χ1n) is 8.18. The number of halogens is 1. The second-order valence-electron chi connectivity index (χ2n) is 5.96. The zero-order valence-electron chi connectivity index (χ0n) is 14.3. The number of carbonyl (C=O) groups excluding carboxylic acids is 1. The number of nitrogens with zero attached hydrogens (tertiary/aromatic N) is 2. The van der Waals surface area contributed by atoms with Crippen LogP contribution in [0.5, 0.6) is 0 Å². The minimum Gasteiger partial charge on any atom is -0.352 e. The highest BCUT2D eigenvalue weighted by molar-refractivity contribution is 9.10. The first kappa shape index (κ1) is 17.4. The maximum Gasteiger partial charge on any atom is 0.253 e. The maximum absolute atomic E-state index is 12.6. The van der Waals surface area contributed by atoms with E-state index in [0.29, 0.717) is 12.1 Å². The van der Waals surface area contributed by atoms with Crippen LogP contribution in [-0.2, 0) is 6.42 Å². The Morgan fingerprint density at radius 2 is 1.96 bits per heavy atom. The molecule has 0 bridgehead atoms. The van der Waals surface area contributed by atoms with Gasteiger partial charge in [-0.25, -0.2) is 0 Å². The van der Waals surface area contributed by atoms with Crippen molar-refractivity contribution in [1.82, 2.24) is 14.9 Å². The van der Waals surface area contributed by atoms with Gasteiger partial charge in [-0.15, -0.1) is 0 Å². The standard InChI is InChI=1S/C20H20BrN3O/c1-14-12-19(15(2)24(14)18-7-5-17(21)6-8-18)20(25)23-11-9-16-4-3-10-22-13-16/h3-8,10,12-13H,9,11H2,1-2H3,(H,23,25). The molecule has 3 aromatic rings. The van der Waals surface area contributed by atoms with E-state index in [1.54, 1.807) is 6.20 Å². The van der Waals surface area contributed by atoms with Gasteiger partial charge in [0, 0.05) is 40.5 Å². The number of benzene rings is 1. The molecule has 25 heavy (non-hydrogen) atoms. The van der Waals surface area contributed by atoms with Crippen LogP contribution in [0.3, 0.4) is 0 Å². The van der Waals surface area contributed by atoms with Crippen LogP contribution >= 0.6 is 15.9 Å². The van der Waals surface area contributed by atoms with Crippen molar-refractivity contribution in [3.8, 4) is 5.69 Å². The van der Waals surface area contributed by atoms with Crippen molar-refractivity contribution in [2.75, 3.05) is 6.54 Å². The molecule has 5 heteroatoms. The summed E-state index contributed by atoms with van der Waals surface area (Å²) < 4.78 is 3.13. The number of amides is 1. The molecular weight excluding hydrogens is 378 g/mol. The summed E-state index contributed by atoms with van der Waals surface area (Å²) in [5.41, 5.74) is 4.86. The fourth-order valence-electron chi connectivity index (χ4n) is 2.94. The van der Waals surface area contributed by atoms with E-state index in [0.717, 1.165) is 33.5 Å². The van der Waals surface area contributed by atoms with Crippen LogP contribution in [0.2, 0.25) is 0 Å². The van der Waals surface area contributed by atoms with Gasteiger partial charge < -0.3 is 9.88 Å². The molecule has 0 unspecified atom stereocenters. The summed E-state index contributed by atoms with van der Waals surface area (Å²) in [5, 5.41) is 3.00. The Hall–Kier alpha value is -2.40. The number of nitrogens with one attached hydrogen (secondary N) is 1. The number of hydrogen-bond donors (Lipinski definition) is 1. The Morgan fingerprint density at radius 1 is 1.20 bits per heavy atom. The summed E-state index contributed by atoms with van der Waals surface area (Å²) >= 11 is 3.45. The smallest absolute Gasteiger partial charge is 0.253 e. The van der Waals surface area contributed by atoms with Gasteiger partial charge in [0.05, 0.1) is 5.56 Å². The van der Waals surface area contributed by atoms with Crippen LogP contribution < -0.4 is 5.32 Å². The third kappa shape index (κ3) is 3.99. The summed E-state index contributed by atoms with van der Waals surface area (Å²) in [6, 6.07) is 13.9. The van der Waals surface area contributed by atoms with Gasteiger partial charge >= 0.3 is 0 Å². The third-order valence-electron chi connectivity index (χ3n) is 4.18. The first-order valence-corrected chi connectivity index (χ1v) is 8.97. The SMILES string of the molecule is Cc1cc(C(=O)NCCc2cccnc2)c(C)n1-c1ccc(Br)cc1. The largest absolute Gasteiger partial charge is 0.352 e. The van der Waals surface area contributed by atoms with Crippen LogP contribution in [0, 0.1) is 13.8 Å². The fraction of sp³-hybridized carbons (Fsp3) is 0.200. The molecule has 0 radical (unpaired) electrons. The predicted molar refractivity (Wildman–Crippen MR) is 103 cm³/mol. The highest BCUT2D eigenvalue weighted by Gasteiger charge is 2.16. The van der Waals surface area contributed by atoms with E-state index in [2.05, 4.69) is 30.8 Å². The van der Waals surface area contributed by atoms with E-state index >= 15 is 0 Å². The molecule has 0 aliphatic heterocycles. The Kier molecular flexibility index (Phi) is 5.34. The summed E-state index contributed by atoms with van der Waals surface area (Å²) in [5.74, 6) is -0.0413. The molecule has 2 heterocycles. The highest BCUT2D eigenvalue weighted by atomic mass is 79.9. The highest BCUT2D eigenvalue weighted by Crippen LogP contribution is 2.22. The molecule has 0 fully saturated rings. The Balaban J connectivity index is 1.73. The molecule has 0 aliphatic carbocycles. The molecule has 0 aliphatic rings. The summed E-state index contributed by atoms with van der Waals surface area (Å²) in [4.78, 5) is 16.6. The average Bonchev–Trinajstić information content (AvgIpc) is 2.91. The molecule has 1 N–H and O–H groups in total. The van der Waals surface area contributed by atoms with Crippen LogP contribution in [-0.4, -0.2) is 22.0 Å². The topological polar surface area (TPSA) is 46.9 Å². The van der Waals surface area contributed by atoms with Gasteiger partial charge in [-0.2, -0.15) is 0 Å². The van der Waals surface area contributed by atoms with E-state index in [-0.39, 0.29) is 5.91 Å². The van der Waals surface area contributed by atoms with Gasteiger partial charge in [-0.05, 0) is 62.2 Å². The minimum atomic E-state index is -0.0413. The van der Waals surface area contributed by atoms with E-state index in [9.17, 15) is 4.79 Å². The lowest BCUT2D eigenvalue weighted by Gasteiger charge is -2.10. The lowest BCUT2D eigenvalue weighted by atomic mass is 10.2. The van der Waals surface area contributed by atoms with Crippen molar-refractivity contribution in [3.63, 3.8) is 0 Å². The molecule has 128 valence electrons. The van der Waals surface area contributed by atoms with Crippen LogP contribution in [0.25, 0.3) is 5.69 Å². The molecular formula is C20H20BrN3O. The minimum absolute atomic E-state index is 0.0413. The zero-order chi connectivity index (χ0) is 17.8. The maximum atomic E-state index is 12.6. The zero-order valence-corrected chi connectivity index (χ0v) is 15.9. The summed E-state index contributed by atoms with van der Waals surface area (Å²) in [7, 11) is 0. The number of aromatic nitrogens is 2. The Labute approximate surface area is 156 Å². The number of hydrogen-bond acceptors (Lipinski definition) is 2. The van der Waals surface area contributed by atoms with Crippen LogP contribution in [0.15, 0.2) is 59.3 Å². The normalized spacial score (nSPS) is 10.7. The number of carbonyl (C=O) groups is 1. The third-order valence-corrected chi connectivity index (χ3v) is 4.71. The number of rotatable bonds is 5.